The van der Waals surface area contributed by atoms with Crippen molar-refractivity contribution < 1.29 is 27.5 Å². The van der Waals surface area contributed by atoms with Crippen molar-refractivity contribution in [2.75, 3.05) is 38.5 Å². The van der Waals surface area contributed by atoms with E-state index in [1.54, 1.807) is 16.7 Å². The molecule has 3 N–H and O–H groups in total. The van der Waals surface area contributed by atoms with Crippen LogP contribution in [0.5, 0.6) is 0 Å². The summed E-state index contributed by atoms with van der Waals surface area (Å²) in [5.74, 6) is -0.424. The standard InChI is InChI=1S/C34H55FN5O6P/c1-2-3-4-5-6-7-8-9-10-11-12-13-14-15-21-43-22-17-23-45-47(42,46-26-29-18-16-19-30(35)25-29)28-44-24-20-40-27-37-31-32(40)38-34(36)39-33(31)41/h16,18-19,25,27H,2-15,17,20-24,26,28H2,1H3,(H3,36,38,39,41). The fourth-order valence-corrected chi connectivity index (χ4v) is 6.58. The van der Waals surface area contributed by atoms with Crippen LogP contribution in [-0.2, 0) is 36.2 Å². The molecule has 1 aromatic carbocycles. The first kappa shape index (κ1) is 38.8. The van der Waals surface area contributed by atoms with E-state index >= 15 is 0 Å². The van der Waals surface area contributed by atoms with Gasteiger partial charge >= 0.3 is 7.60 Å². The van der Waals surface area contributed by atoms with Gasteiger partial charge in [0.25, 0.3) is 5.56 Å². The smallest absolute Gasteiger partial charge is 0.356 e. The van der Waals surface area contributed by atoms with Crippen molar-refractivity contribution in [3.63, 3.8) is 0 Å². The first-order valence-electron chi connectivity index (χ1n) is 17.4. The van der Waals surface area contributed by atoms with Gasteiger partial charge in [0.1, 0.15) is 12.2 Å². The summed E-state index contributed by atoms with van der Waals surface area (Å²) in [6.07, 6.45) is 20.2. The van der Waals surface area contributed by atoms with Crippen LogP contribution in [0.25, 0.3) is 11.2 Å². The zero-order valence-corrected chi connectivity index (χ0v) is 29.0. The predicted molar refractivity (Wildman–Crippen MR) is 184 cm³/mol. The highest BCUT2D eigenvalue weighted by molar-refractivity contribution is 7.53. The van der Waals surface area contributed by atoms with Gasteiger partial charge in [-0.25, -0.2) is 9.37 Å². The van der Waals surface area contributed by atoms with Gasteiger partial charge in [-0.05, 0) is 30.5 Å². The average Bonchev–Trinajstić information content (AvgIpc) is 3.46. The highest BCUT2D eigenvalue weighted by Gasteiger charge is 2.25. The SMILES string of the molecule is CCCCCCCCCCCCCCCCOCCCOP(=O)(COCCn1cnc2c(=O)[nH]c(N)nc21)OCc1cccc(F)c1. The number of hydrogen-bond acceptors (Lipinski definition) is 9. The maximum atomic E-state index is 13.6. The molecule has 0 aliphatic rings. The number of ether oxygens (including phenoxy) is 2. The molecule has 11 nitrogen and oxygen atoms in total. The first-order chi connectivity index (χ1) is 22.9. The van der Waals surface area contributed by atoms with E-state index in [1.165, 1.54) is 102 Å². The van der Waals surface area contributed by atoms with Crippen LogP contribution >= 0.6 is 7.60 Å². The quantitative estimate of drug-likeness (QED) is 0.0574. The second-order valence-electron chi connectivity index (χ2n) is 12.0. The van der Waals surface area contributed by atoms with Crippen molar-refractivity contribution in [2.45, 2.75) is 116 Å². The highest BCUT2D eigenvalue weighted by atomic mass is 31.2. The lowest BCUT2D eigenvalue weighted by atomic mass is 10.0. The molecule has 264 valence electrons. The van der Waals surface area contributed by atoms with E-state index in [9.17, 15) is 13.8 Å². The van der Waals surface area contributed by atoms with Gasteiger partial charge in [-0.2, -0.15) is 4.98 Å². The molecule has 0 amide bonds. The number of H-pyrrole nitrogens is 1. The van der Waals surface area contributed by atoms with Crippen LogP contribution < -0.4 is 11.3 Å². The lowest BCUT2D eigenvalue weighted by molar-refractivity contribution is 0.0979. The number of aromatic nitrogens is 4. The summed E-state index contributed by atoms with van der Waals surface area (Å²) in [5.41, 5.74) is 6.25. The molecule has 0 fully saturated rings. The second kappa shape index (κ2) is 22.9. The fraction of sp³-hybridized carbons (Fsp3) is 0.676. The van der Waals surface area contributed by atoms with Gasteiger partial charge in [-0.3, -0.25) is 14.3 Å². The Balaban J connectivity index is 1.28. The number of nitrogens with two attached hydrogens (primary N) is 1. The molecule has 1 unspecified atom stereocenters. The number of rotatable bonds is 28. The Kier molecular flexibility index (Phi) is 18.9. The van der Waals surface area contributed by atoms with Crippen molar-refractivity contribution in [2.24, 2.45) is 0 Å². The molecule has 0 aliphatic heterocycles. The summed E-state index contributed by atoms with van der Waals surface area (Å²) in [6, 6.07) is 5.90. The minimum atomic E-state index is -3.68. The van der Waals surface area contributed by atoms with Gasteiger partial charge in [0.15, 0.2) is 11.2 Å². The summed E-state index contributed by atoms with van der Waals surface area (Å²) < 4.78 is 51.6. The first-order valence-corrected chi connectivity index (χ1v) is 19.1. The number of imidazole rings is 1. The third kappa shape index (κ3) is 15.9. The Labute approximate surface area is 278 Å². The zero-order chi connectivity index (χ0) is 33.6. The molecule has 0 saturated heterocycles. The predicted octanol–water partition coefficient (Wildman–Crippen LogP) is 8.13. The van der Waals surface area contributed by atoms with E-state index < -0.39 is 19.0 Å². The molecule has 1 atom stereocenters. The van der Waals surface area contributed by atoms with E-state index in [-0.39, 0.29) is 44.2 Å². The van der Waals surface area contributed by atoms with Crippen LogP contribution in [0.1, 0.15) is 109 Å². The lowest BCUT2D eigenvalue weighted by Crippen LogP contribution is -2.13. The van der Waals surface area contributed by atoms with Crippen LogP contribution in [0.2, 0.25) is 0 Å². The molecule has 0 spiro atoms. The van der Waals surface area contributed by atoms with Crippen LogP contribution in [0.15, 0.2) is 35.4 Å². The normalized spacial score (nSPS) is 13.0. The number of nitrogens with zero attached hydrogens (tertiary/aromatic N) is 3. The molecular weight excluding hydrogens is 624 g/mol. The average molecular weight is 680 g/mol. The number of benzene rings is 1. The molecule has 2 aromatic heterocycles. The maximum absolute atomic E-state index is 13.6. The van der Waals surface area contributed by atoms with Gasteiger partial charge in [0, 0.05) is 19.8 Å². The van der Waals surface area contributed by atoms with Crippen molar-refractivity contribution in [1.29, 1.82) is 0 Å². The van der Waals surface area contributed by atoms with E-state index in [1.807, 2.05) is 0 Å². The van der Waals surface area contributed by atoms with Gasteiger partial charge in [0.2, 0.25) is 5.95 Å². The molecule has 47 heavy (non-hydrogen) atoms. The zero-order valence-electron chi connectivity index (χ0n) is 28.1. The van der Waals surface area contributed by atoms with Gasteiger partial charge in [-0.15, -0.1) is 0 Å². The Morgan fingerprint density at radius 3 is 2.19 bits per heavy atom. The number of halogens is 1. The summed E-state index contributed by atoms with van der Waals surface area (Å²) in [5, 5.41) is 0. The van der Waals surface area contributed by atoms with E-state index in [0.29, 0.717) is 30.8 Å². The fourth-order valence-electron chi connectivity index (χ4n) is 5.25. The summed E-state index contributed by atoms with van der Waals surface area (Å²) in [7, 11) is -3.68. The summed E-state index contributed by atoms with van der Waals surface area (Å²) in [6.45, 7) is 3.94. The van der Waals surface area contributed by atoms with Gasteiger partial charge in [0.05, 0.1) is 26.1 Å². The number of nitrogen functional groups attached to an aromatic ring is 1. The number of anilines is 1. The summed E-state index contributed by atoms with van der Waals surface area (Å²) in [4.78, 5) is 22.6. The van der Waals surface area contributed by atoms with Crippen LogP contribution in [0.3, 0.4) is 0 Å². The molecule has 0 aliphatic carbocycles. The molecule has 3 aromatic rings. The minimum absolute atomic E-state index is 0.0163. The van der Waals surface area contributed by atoms with Crippen molar-refractivity contribution in [1.82, 2.24) is 19.5 Å². The summed E-state index contributed by atoms with van der Waals surface area (Å²) >= 11 is 0. The Hall–Kier alpha value is -2.63. The second-order valence-corrected chi connectivity index (χ2v) is 14.0. The van der Waals surface area contributed by atoms with E-state index in [2.05, 4.69) is 21.9 Å². The Morgan fingerprint density at radius 1 is 0.851 bits per heavy atom. The third-order valence-corrected chi connectivity index (χ3v) is 9.50. The lowest BCUT2D eigenvalue weighted by Gasteiger charge is -2.19. The number of hydrogen-bond donors (Lipinski definition) is 2. The number of unbranched alkanes of at least 4 members (excludes halogenated alkanes) is 13. The molecule has 2 heterocycles. The Bertz CT molecular complexity index is 1390. The highest BCUT2D eigenvalue weighted by Crippen LogP contribution is 2.49. The van der Waals surface area contributed by atoms with E-state index in [0.717, 1.165) is 6.42 Å². The van der Waals surface area contributed by atoms with Crippen molar-refractivity contribution in [3.8, 4) is 0 Å². The van der Waals surface area contributed by atoms with Crippen molar-refractivity contribution >= 4 is 24.7 Å². The molecular formula is C34H55FN5O6P. The molecule has 0 bridgehead atoms. The van der Waals surface area contributed by atoms with Crippen LogP contribution in [0, 0.1) is 5.82 Å². The molecule has 13 heteroatoms. The number of nitrogens with one attached hydrogen (secondary N) is 1. The monoisotopic (exact) mass is 679 g/mol. The van der Waals surface area contributed by atoms with Crippen LogP contribution in [0.4, 0.5) is 10.3 Å². The minimum Gasteiger partial charge on any atom is -0.381 e. The van der Waals surface area contributed by atoms with Gasteiger partial charge in [-0.1, -0.05) is 103 Å². The maximum Gasteiger partial charge on any atom is 0.356 e. The van der Waals surface area contributed by atoms with Crippen molar-refractivity contribution in [3.05, 3.63) is 52.3 Å². The van der Waals surface area contributed by atoms with E-state index in [4.69, 9.17) is 24.3 Å². The Morgan fingerprint density at radius 2 is 1.51 bits per heavy atom. The molecule has 0 radical (unpaired) electrons. The molecule has 0 saturated carbocycles. The number of aromatic amines is 1. The number of fused-ring (bicyclic) bond motifs is 1. The third-order valence-electron chi connectivity index (χ3n) is 7.90. The largest absolute Gasteiger partial charge is 0.381 e. The van der Waals surface area contributed by atoms with Crippen LogP contribution in [-0.4, -0.2) is 52.3 Å². The van der Waals surface area contributed by atoms with Gasteiger partial charge < -0.3 is 28.8 Å². The topological polar surface area (TPSA) is 144 Å². The molecule has 3 rings (SSSR count).